The molecule has 0 aromatic heterocycles. The molecule has 1 heterocycles. The Morgan fingerprint density at radius 3 is 2.53 bits per heavy atom. The quantitative estimate of drug-likeness (QED) is 0.739. The lowest BCUT2D eigenvalue weighted by Crippen LogP contribution is -2.20. The summed E-state index contributed by atoms with van der Waals surface area (Å²) in [6.07, 6.45) is 10.2. The minimum atomic E-state index is 0.181. The summed E-state index contributed by atoms with van der Waals surface area (Å²) in [5, 5.41) is 9.00. The molecule has 1 fully saturated rings. The summed E-state index contributed by atoms with van der Waals surface area (Å²) in [5.41, 5.74) is 3.21. The van der Waals surface area contributed by atoms with Crippen LogP contribution in [-0.4, -0.2) is 18.0 Å². The van der Waals surface area contributed by atoms with Crippen molar-refractivity contribution >= 4 is 0 Å². The monoisotopic (exact) mass is 232 g/mol. The highest BCUT2D eigenvalue weighted by Gasteiger charge is 2.21. The summed E-state index contributed by atoms with van der Waals surface area (Å²) in [4.78, 5) is 2.60. The van der Waals surface area contributed by atoms with Gasteiger partial charge in [0.2, 0.25) is 0 Å². The Hall–Kier alpha value is -0.970. The van der Waals surface area contributed by atoms with Gasteiger partial charge in [0.25, 0.3) is 0 Å². The van der Waals surface area contributed by atoms with Crippen molar-refractivity contribution < 1.29 is 0 Å². The lowest BCUT2D eigenvalue weighted by molar-refractivity contribution is 0.398. The Kier molecular flexibility index (Phi) is 4.48. The number of hydrogen-bond acceptors (Lipinski definition) is 2. The topological polar surface area (TPSA) is 27.0 Å². The first-order chi connectivity index (χ1) is 8.31. The Morgan fingerprint density at radius 1 is 1.12 bits per heavy atom. The van der Waals surface area contributed by atoms with Crippen LogP contribution in [0.1, 0.15) is 58.3 Å². The zero-order chi connectivity index (χ0) is 12.1. The maximum absolute atomic E-state index is 9.00. The number of rotatable bonds is 3. The van der Waals surface area contributed by atoms with E-state index in [4.69, 9.17) is 5.26 Å². The fourth-order valence-electron chi connectivity index (χ4n) is 3.13. The summed E-state index contributed by atoms with van der Waals surface area (Å²) in [6, 6.07) is 2.39. The highest BCUT2D eigenvalue weighted by molar-refractivity contribution is 5.17. The van der Waals surface area contributed by atoms with Crippen molar-refractivity contribution in [3.05, 3.63) is 11.3 Å². The number of allylic oxidation sites excluding steroid dienone is 2. The van der Waals surface area contributed by atoms with Gasteiger partial charge < -0.3 is 4.90 Å². The predicted molar refractivity (Wildman–Crippen MR) is 70.3 cm³/mol. The van der Waals surface area contributed by atoms with Crippen molar-refractivity contribution in [1.82, 2.24) is 4.90 Å². The largest absolute Gasteiger partial charge is 0.375 e. The molecule has 1 saturated heterocycles. The molecule has 0 bridgehead atoms. The maximum atomic E-state index is 9.00. The summed E-state index contributed by atoms with van der Waals surface area (Å²) < 4.78 is 0. The molecule has 0 radical (unpaired) electrons. The lowest BCUT2D eigenvalue weighted by Gasteiger charge is -2.25. The van der Waals surface area contributed by atoms with E-state index in [0.29, 0.717) is 0 Å². The molecule has 1 aliphatic heterocycles. The van der Waals surface area contributed by atoms with Gasteiger partial charge in [-0.2, -0.15) is 5.26 Å². The normalized spacial score (nSPS) is 23.4. The maximum Gasteiger partial charge on any atom is 0.0656 e. The van der Waals surface area contributed by atoms with E-state index in [0.717, 1.165) is 6.42 Å². The zero-order valence-electron chi connectivity index (χ0n) is 11.0. The van der Waals surface area contributed by atoms with Gasteiger partial charge in [-0.25, -0.2) is 0 Å². The molecule has 2 aliphatic rings. The summed E-state index contributed by atoms with van der Waals surface area (Å²) in [6.45, 7) is 4.55. The number of hydrogen-bond donors (Lipinski definition) is 0. The van der Waals surface area contributed by atoms with Gasteiger partial charge in [-0.15, -0.1) is 0 Å². The van der Waals surface area contributed by atoms with E-state index in [-0.39, 0.29) is 5.92 Å². The van der Waals surface area contributed by atoms with Crippen molar-refractivity contribution in [2.24, 2.45) is 5.92 Å². The van der Waals surface area contributed by atoms with Crippen LogP contribution in [0.2, 0.25) is 0 Å². The van der Waals surface area contributed by atoms with Gasteiger partial charge in [0, 0.05) is 24.7 Å². The average Bonchev–Trinajstić information content (AvgIpc) is 2.77. The molecule has 17 heavy (non-hydrogen) atoms. The van der Waals surface area contributed by atoms with Crippen molar-refractivity contribution in [3.63, 3.8) is 0 Å². The van der Waals surface area contributed by atoms with Gasteiger partial charge in [-0.05, 0) is 57.4 Å². The fourth-order valence-corrected chi connectivity index (χ4v) is 3.13. The van der Waals surface area contributed by atoms with Gasteiger partial charge >= 0.3 is 0 Å². The Morgan fingerprint density at radius 2 is 1.82 bits per heavy atom. The van der Waals surface area contributed by atoms with Crippen LogP contribution in [-0.2, 0) is 0 Å². The van der Waals surface area contributed by atoms with Gasteiger partial charge in [-0.1, -0.05) is 6.42 Å². The number of nitriles is 1. The Bertz CT molecular complexity index is 318. The third-order valence-electron chi connectivity index (χ3n) is 4.06. The van der Waals surface area contributed by atoms with Crippen LogP contribution >= 0.6 is 0 Å². The molecule has 0 spiro atoms. The first-order valence-corrected chi connectivity index (χ1v) is 7.16. The Balaban J connectivity index is 2.14. The van der Waals surface area contributed by atoms with Gasteiger partial charge in [0.05, 0.1) is 6.07 Å². The van der Waals surface area contributed by atoms with E-state index < -0.39 is 0 Å². The van der Waals surface area contributed by atoms with Crippen LogP contribution in [0.5, 0.6) is 0 Å². The van der Waals surface area contributed by atoms with Crippen LogP contribution in [0, 0.1) is 17.2 Å². The molecular weight excluding hydrogens is 208 g/mol. The molecule has 0 aromatic rings. The molecule has 94 valence electrons. The average molecular weight is 232 g/mol. The van der Waals surface area contributed by atoms with Crippen LogP contribution in [0.25, 0.3) is 0 Å². The van der Waals surface area contributed by atoms with Crippen molar-refractivity contribution in [3.8, 4) is 6.07 Å². The third-order valence-corrected chi connectivity index (χ3v) is 4.06. The standard InChI is InChI=1S/C15H24N2/c1-13(12-16)11-14-7-3-2-4-8-15(14)17-9-5-6-10-17/h13H,2-11H2,1H3/t13-/m1/s1. The third kappa shape index (κ3) is 3.25. The molecule has 0 saturated carbocycles. The summed E-state index contributed by atoms with van der Waals surface area (Å²) in [7, 11) is 0. The molecule has 1 aliphatic carbocycles. The van der Waals surface area contributed by atoms with Crippen LogP contribution in [0.3, 0.4) is 0 Å². The molecule has 0 aromatic carbocycles. The van der Waals surface area contributed by atoms with Gasteiger partial charge in [-0.3, -0.25) is 0 Å². The van der Waals surface area contributed by atoms with Gasteiger partial charge in [0.1, 0.15) is 0 Å². The lowest BCUT2D eigenvalue weighted by atomic mass is 9.97. The van der Waals surface area contributed by atoms with E-state index in [9.17, 15) is 0 Å². The van der Waals surface area contributed by atoms with E-state index in [2.05, 4.69) is 17.9 Å². The number of nitrogens with zero attached hydrogens (tertiary/aromatic N) is 2. The second-order valence-electron chi connectivity index (χ2n) is 5.54. The molecule has 0 unspecified atom stereocenters. The molecule has 0 N–H and O–H groups in total. The van der Waals surface area contributed by atoms with Crippen LogP contribution in [0.15, 0.2) is 11.3 Å². The molecule has 2 rings (SSSR count). The van der Waals surface area contributed by atoms with Crippen LogP contribution < -0.4 is 0 Å². The number of likely N-dealkylation sites (tertiary alicyclic amines) is 1. The van der Waals surface area contributed by atoms with E-state index in [1.165, 1.54) is 58.0 Å². The van der Waals surface area contributed by atoms with Crippen LogP contribution in [0.4, 0.5) is 0 Å². The predicted octanol–water partition coefficient (Wildman–Crippen LogP) is 3.85. The highest BCUT2D eigenvalue weighted by Crippen LogP contribution is 2.32. The van der Waals surface area contributed by atoms with Crippen molar-refractivity contribution in [2.45, 2.75) is 58.3 Å². The van der Waals surface area contributed by atoms with Gasteiger partial charge in [0.15, 0.2) is 0 Å². The summed E-state index contributed by atoms with van der Waals surface area (Å²) in [5.74, 6) is 0.181. The van der Waals surface area contributed by atoms with E-state index >= 15 is 0 Å². The van der Waals surface area contributed by atoms with E-state index in [1.54, 1.807) is 11.3 Å². The SMILES string of the molecule is C[C@@H](C#N)CC1=C(N2CCCC2)CCCCC1. The van der Waals surface area contributed by atoms with Crippen molar-refractivity contribution in [2.75, 3.05) is 13.1 Å². The molecule has 1 atom stereocenters. The second-order valence-corrected chi connectivity index (χ2v) is 5.54. The van der Waals surface area contributed by atoms with E-state index in [1.807, 2.05) is 0 Å². The molecule has 2 nitrogen and oxygen atoms in total. The Labute approximate surface area is 105 Å². The highest BCUT2D eigenvalue weighted by atomic mass is 15.1. The zero-order valence-corrected chi connectivity index (χ0v) is 11.0. The summed E-state index contributed by atoms with van der Waals surface area (Å²) >= 11 is 0. The van der Waals surface area contributed by atoms with Crippen molar-refractivity contribution in [1.29, 1.82) is 5.26 Å². The molecule has 0 amide bonds. The molecular formula is C15H24N2. The minimum Gasteiger partial charge on any atom is -0.375 e. The minimum absolute atomic E-state index is 0.181. The second kappa shape index (κ2) is 6.10. The smallest absolute Gasteiger partial charge is 0.0656 e. The fraction of sp³-hybridized carbons (Fsp3) is 0.800. The first-order valence-electron chi connectivity index (χ1n) is 7.16. The molecule has 2 heteroatoms. The first kappa shape index (κ1) is 12.5.